The molecule has 0 saturated heterocycles. The van der Waals surface area contributed by atoms with Crippen molar-refractivity contribution in [1.29, 1.82) is 0 Å². The highest BCUT2D eigenvalue weighted by atomic mass is 79.9. The van der Waals surface area contributed by atoms with E-state index in [1.54, 1.807) is 0 Å². The lowest BCUT2D eigenvalue weighted by Gasteiger charge is -2.13. The number of hydrogen-bond donors (Lipinski definition) is 3. The molecule has 0 aliphatic heterocycles. The van der Waals surface area contributed by atoms with Crippen molar-refractivity contribution in [3.63, 3.8) is 0 Å². The maximum atomic E-state index is 13.1. The Hall–Kier alpha value is -1.93. The summed E-state index contributed by atoms with van der Waals surface area (Å²) in [5.41, 5.74) is 0.506. The highest BCUT2D eigenvalue weighted by Gasteiger charge is 2.14. The summed E-state index contributed by atoms with van der Waals surface area (Å²) < 4.78 is 13.6. The Balaban J connectivity index is 2.21. The average molecular weight is 390 g/mol. The number of rotatable bonds is 5. The third-order valence-electron chi connectivity index (χ3n) is 2.64. The van der Waals surface area contributed by atoms with Crippen LogP contribution in [0.15, 0.2) is 28.9 Å². The van der Waals surface area contributed by atoms with Gasteiger partial charge >= 0.3 is 5.97 Å². The first-order valence-corrected chi connectivity index (χ1v) is 7.28. The molecule has 3 N–H and O–H groups in total. The van der Waals surface area contributed by atoms with Crippen LogP contribution in [0.3, 0.4) is 0 Å². The Morgan fingerprint density at radius 3 is 2.86 bits per heavy atom. The maximum absolute atomic E-state index is 13.1. The molecule has 0 aliphatic carbocycles. The van der Waals surface area contributed by atoms with Crippen LogP contribution < -0.4 is 10.6 Å². The molecule has 0 amide bonds. The first-order chi connectivity index (χ1) is 10.4. The molecule has 6 nitrogen and oxygen atoms in total. The number of hydrogen-bond acceptors (Lipinski definition) is 5. The largest absolute Gasteiger partial charge is 0.480 e. The molecule has 116 valence electrons. The van der Waals surface area contributed by atoms with Crippen molar-refractivity contribution in [2.45, 2.75) is 13.0 Å². The van der Waals surface area contributed by atoms with Crippen molar-refractivity contribution in [2.24, 2.45) is 0 Å². The molecule has 1 aromatic heterocycles. The number of aliphatic carboxylic acids is 1. The number of nitrogens with zero attached hydrogens (tertiary/aromatic N) is 2. The van der Waals surface area contributed by atoms with Crippen molar-refractivity contribution in [1.82, 2.24) is 9.97 Å². The fourth-order valence-electron chi connectivity index (χ4n) is 1.50. The van der Waals surface area contributed by atoms with Crippen LogP contribution in [0.4, 0.5) is 21.8 Å². The van der Waals surface area contributed by atoms with Gasteiger partial charge in [0.15, 0.2) is 0 Å². The zero-order chi connectivity index (χ0) is 16.3. The second-order valence-corrected chi connectivity index (χ2v) is 5.61. The van der Waals surface area contributed by atoms with Crippen molar-refractivity contribution in [3.8, 4) is 0 Å². The standard InChI is InChI=1S/C13H11BrClFN4O2/c1-6(12(21)22)18-11-8(14)5-17-13(20-11)19-7-2-3-10(16)9(15)4-7/h2-6H,1H3,(H,21,22)(H2,17,18,19,20). The Bertz CT molecular complexity index is 716. The van der Waals surface area contributed by atoms with Gasteiger partial charge in [-0.3, -0.25) is 4.79 Å². The van der Waals surface area contributed by atoms with E-state index in [0.717, 1.165) is 0 Å². The Morgan fingerprint density at radius 1 is 1.50 bits per heavy atom. The molecular weight excluding hydrogens is 379 g/mol. The van der Waals surface area contributed by atoms with Gasteiger partial charge in [-0.05, 0) is 41.1 Å². The van der Waals surface area contributed by atoms with Crippen LogP contribution in [0, 0.1) is 5.82 Å². The number of halogens is 3. The molecule has 0 bridgehead atoms. The average Bonchev–Trinajstić information content (AvgIpc) is 2.46. The van der Waals surface area contributed by atoms with E-state index in [1.807, 2.05) is 0 Å². The van der Waals surface area contributed by atoms with E-state index in [4.69, 9.17) is 16.7 Å². The summed E-state index contributed by atoms with van der Waals surface area (Å²) in [4.78, 5) is 19.1. The lowest BCUT2D eigenvalue weighted by atomic mass is 10.3. The minimum atomic E-state index is -1.01. The van der Waals surface area contributed by atoms with Crippen LogP contribution in [-0.4, -0.2) is 27.1 Å². The van der Waals surface area contributed by atoms with Crippen molar-refractivity contribution >= 4 is 51.0 Å². The van der Waals surface area contributed by atoms with Crippen LogP contribution in [0.1, 0.15) is 6.92 Å². The Labute approximate surface area is 138 Å². The van der Waals surface area contributed by atoms with Gasteiger partial charge in [-0.25, -0.2) is 9.37 Å². The summed E-state index contributed by atoms with van der Waals surface area (Å²) in [6, 6.07) is 3.28. The van der Waals surface area contributed by atoms with Crippen molar-refractivity contribution in [2.75, 3.05) is 10.6 Å². The predicted molar refractivity (Wildman–Crippen MR) is 85.1 cm³/mol. The molecule has 1 heterocycles. The zero-order valence-corrected chi connectivity index (χ0v) is 13.6. The summed E-state index contributed by atoms with van der Waals surface area (Å²) in [6.07, 6.45) is 1.47. The number of anilines is 3. The van der Waals surface area contributed by atoms with Gasteiger partial charge < -0.3 is 15.7 Å². The lowest BCUT2D eigenvalue weighted by molar-refractivity contribution is -0.137. The zero-order valence-electron chi connectivity index (χ0n) is 11.3. The monoisotopic (exact) mass is 388 g/mol. The molecule has 0 radical (unpaired) electrons. The number of aromatic nitrogens is 2. The van der Waals surface area contributed by atoms with E-state index in [-0.39, 0.29) is 11.0 Å². The van der Waals surface area contributed by atoms with Crippen molar-refractivity contribution < 1.29 is 14.3 Å². The second-order valence-electron chi connectivity index (χ2n) is 4.35. The van der Waals surface area contributed by atoms with Crippen LogP contribution in [0.2, 0.25) is 5.02 Å². The topological polar surface area (TPSA) is 87.1 Å². The van der Waals surface area contributed by atoms with E-state index in [9.17, 15) is 9.18 Å². The van der Waals surface area contributed by atoms with Gasteiger partial charge in [0.05, 0.1) is 9.50 Å². The van der Waals surface area contributed by atoms with E-state index < -0.39 is 17.8 Å². The summed E-state index contributed by atoms with van der Waals surface area (Å²) in [5, 5.41) is 14.5. The molecule has 9 heteroatoms. The second kappa shape index (κ2) is 6.89. The fourth-order valence-corrected chi connectivity index (χ4v) is 1.98. The smallest absolute Gasteiger partial charge is 0.325 e. The van der Waals surface area contributed by atoms with E-state index in [2.05, 4.69) is 36.5 Å². The highest BCUT2D eigenvalue weighted by molar-refractivity contribution is 9.10. The molecule has 2 rings (SSSR count). The third-order valence-corrected chi connectivity index (χ3v) is 3.51. The molecule has 0 spiro atoms. The summed E-state index contributed by atoms with van der Waals surface area (Å²) in [7, 11) is 0. The molecule has 2 aromatic rings. The molecule has 0 saturated carbocycles. The summed E-state index contributed by atoms with van der Waals surface area (Å²) in [5.74, 6) is -1.00. The highest BCUT2D eigenvalue weighted by Crippen LogP contribution is 2.24. The first kappa shape index (κ1) is 16.4. The lowest BCUT2D eigenvalue weighted by Crippen LogP contribution is -2.26. The number of carbonyl (C=O) groups is 1. The summed E-state index contributed by atoms with van der Waals surface area (Å²) in [6.45, 7) is 1.49. The van der Waals surface area contributed by atoms with E-state index in [0.29, 0.717) is 16.0 Å². The van der Waals surface area contributed by atoms with Gasteiger partial charge in [-0.2, -0.15) is 4.98 Å². The van der Waals surface area contributed by atoms with E-state index >= 15 is 0 Å². The number of nitrogens with one attached hydrogen (secondary N) is 2. The van der Waals surface area contributed by atoms with Gasteiger partial charge in [0, 0.05) is 11.9 Å². The third kappa shape index (κ3) is 4.05. The van der Waals surface area contributed by atoms with Crippen LogP contribution in [-0.2, 0) is 4.79 Å². The summed E-state index contributed by atoms with van der Waals surface area (Å²) >= 11 is 8.94. The normalized spacial score (nSPS) is 11.8. The van der Waals surface area contributed by atoms with Crippen molar-refractivity contribution in [3.05, 3.63) is 39.7 Å². The van der Waals surface area contributed by atoms with Gasteiger partial charge in [-0.1, -0.05) is 11.6 Å². The predicted octanol–water partition coefficient (Wildman–Crippen LogP) is 3.66. The maximum Gasteiger partial charge on any atom is 0.325 e. The van der Waals surface area contributed by atoms with Gasteiger partial charge in [0.1, 0.15) is 17.7 Å². The van der Waals surface area contributed by atoms with Crippen LogP contribution >= 0.6 is 27.5 Å². The number of benzene rings is 1. The molecule has 0 fully saturated rings. The minimum absolute atomic E-state index is 0.0278. The minimum Gasteiger partial charge on any atom is -0.480 e. The quantitative estimate of drug-likeness (QED) is 0.723. The molecular formula is C13H11BrClFN4O2. The molecule has 0 aliphatic rings. The first-order valence-electron chi connectivity index (χ1n) is 6.11. The van der Waals surface area contributed by atoms with Crippen LogP contribution in [0.5, 0.6) is 0 Å². The fraction of sp³-hybridized carbons (Fsp3) is 0.154. The SMILES string of the molecule is CC(Nc1nc(Nc2ccc(F)c(Cl)c2)ncc1Br)C(=O)O. The Kier molecular flexibility index (Phi) is 5.15. The van der Waals surface area contributed by atoms with Gasteiger partial charge in [-0.15, -0.1) is 0 Å². The molecule has 1 aromatic carbocycles. The Morgan fingerprint density at radius 2 is 2.23 bits per heavy atom. The molecule has 1 atom stereocenters. The number of carboxylic acid groups (broad SMARTS) is 1. The van der Waals surface area contributed by atoms with E-state index in [1.165, 1.54) is 31.3 Å². The van der Waals surface area contributed by atoms with Crippen LogP contribution in [0.25, 0.3) is 0 Å². The van der Waals surface area contributed by atoms with Gasteiger partial charge in [0.25, 0.3) is 0 Å². The molecule has 1 unspecified atom stereocenters. The van der Waals surface area contributed by atoms with Gasteiger partial charge in [0.2, 0.25) is 5.95 Å². The molecule has 22 heavy (non-hydrogen) atoms. The number of carboxylic acids is 1.